The van der Waals surface area contributed by atoms with Crippen molar-refractivity contribution < 1.29 is 4.79 Å². The van der Waals surface area contributed by atoms with E-state index in [-0.39, 0.29) is 0 Å². The third kappa shape index (κ3) is 1.95. The molecule has 18 heavy (non-hydrogen) atoms. The van der Waals surface area contributed by atoms with Crippen LogP contribution in [0.5, 0.6) is 0 Å². The average molecular weight is 256 g/mol. The smallest absolute Gasteiger partial charge is 0.152 e. The summed E-state index contributed by atoms with van der Waals surface area (Å²) in [6.45, 7) is 0.845. The molecule has 0 N–H and O–H groups in total. The molecule has 3 aromatic heterocycles. The van der Waals surface area contributed by atoms with E-state index in [0.717, 1.165) is 30.3 Å². The number of fused-ring (bicyclic) bond motifs is 1. The highest BCUT2D eigenvalue weighted by molar-refractivity contribution is 7.07. The molecule has 3 nitrogen and oxygen atoms in total. The third-order valence-corrected chi connectivity index (χ3v) is 3.75. The number of nitrogens with zero attached hydrogens (tertiary/aromatic N) is 2. The van der Waals surface area contributed by atoms with Gasteiger partial charge in [0, 0.05) is 29.9 Å². The number of rotatable bonds is 4. The number of carbonyl (C=O) groups is 1. The Balaban J connectivity index is 1.94. The Hall–Kier alpha value is -1.94. The lowest BCUT2D eigenvalue weighted by Gasteiger charge is -2.02. The van der Waals surface area contributed by atoms with Gasteiger partial charge in [-0.3, -0.25) is 4.79 Å². The Bertz CT molecular complexity index is 670. The van der Waals surface area contributed by atoms with Crippen molar-refractivity contribution in [2.45, 2.75) is 13.0 Å². The van der Waals surface area contributed by atoms with Crippen LogP contribution >= 0.6 is 11.3 Å². The number of aromatic nitrogens is 2. The molecule has 0 bridgehead atoms. The molecule has 3 heterocycles. The largest absolute Gasteiger partial charge is 0.331 e. The number of aldehydes is 1. The minimum atomic E-state index is 0.711. The second-order valence-electron chi connectivity index (χ2n) is 4.15. The fourth-order valence-corrected chi connectivity index (χ4v) is 2.80. The summed E-state index contributed by atoms with van der Waals surface area (Å²) in [5.41, 5.74) is 2.92. The highest BCUT2D eigenvalue weighted by Crippen LogP contribution is 2.18. The number of hydrogen-bond donors (Lipinski definition) is 0. The molecular formula is C14H12N2OS. The maximum Gasteiger partial charge on any atom is 0.152 e. The Morgan fingerprint density at radius 2 is 2.33 bits per heavy atom. The number of hydrogen-bond acceptors (Lipinski definition) is 3. The first-order valence-electron chi connectivity index (χ1n) is 5.78. The predicted molar refractivity (Wildman–Crippen MR) is 73.1 cm³/mol. The SMILES string of the molecule is O=Cc1cn(CCc2ccsc2)c2ncccc12. The minimum absolute atomic E-state index is 0.711. The molecule has 90 valence electrons. The quantitative estimate of drug-likeness (QED) is 0.672. The van der Waals surface area contributed by atoms with Crippen molar-refractivity contribution in [2.24, 2.45) is 0 Å². The van der Waals surface area contributed by atoms with Crippen molar-refractivity contribution in [1.82, 2.24) is 9.55 Å². The first-order chi connectivity index (χ1) is 8.88. The fraction of sp³-hybridized carbons (Fsp3) is 0.143. The fourth-order valence-electron chi connectivity index (χ4n) is 2.10. The van der Waals surface area contributed by atoms with E-state index in [4.69, 9.17) is 0 Å². The van der Waals surface area contributed by atoms with Crippen molar-refractivity contribution in [3.05, 3.63) is 52.5 Å². The van der Waals surface area contributed by atoms with Gasteiger partial charge in [-0.1, -0.05) is 0 Å². The van der Waals surface area contributed by atoms with Gasteiger partial charge in [-0.05, 0) is 40.9 Å². The zero-order chi connectivity index (χ0) is 12.4. The maximum absolute atomic E-state index is 11.0. The summed E-state index contributed by atoms with van der Waals surface area (Å²) < 4.78 is 2.05. The molecular weight excluding hydrogens is 244 g/mol. The number of aryl methyl sites for hydroxylation is 2. The Kier molecular flexibility index (Phi) is 2.94. The van der Waals surface area contributed by atoms with Crippen LogP contribution < -0.4 is 0 Å². The van der Waals surface area contributed by atoms with Crippen LogP contribution in [0.25, 0.3) is 11.0 Å². The Morgan fingerprint density at radius 3 is 3.11 bits per heavy atom. The summed E-state index contributed by atoms with van der Waals surface area (Å²) in [4.78, 5) is 15.4. The molecule has 0 spiro atoms. The monoisotopic (exact) mass is 256 g/mol. The zero-order valence-corrected chi connectivity index (χ0v) is 10.6. The van der Waals surface area contributed by atoms with E-state index < -0.39 is 0 Å². The summed E-state index contributed by atoms with van der Waals surface area (Å²) in [6, 6.07) is 5.93. The predicted octanol–water partition coefficient (Wildman–Crippen LogP) is 3.15. The van der Waals surface area contributed by atoms with Gasteiger partial charge in [0.1, 0.15) is 5.65 Å². The van der Waals surface area contributed by atoms with Crippen LogP contribution in [0.3, 0.4) is 0 Å². The summed E-state index contributed by atoms with van der Waals surface area (Å²) >= 11 is 1.71. The summed E-state index contributed by atoms with van der Waals surface area (Å²) in [5, 5.41) is 5.16. The highest BCUT2D eigenvalue weighted by atomic mass is 32.1. The van der Waals surface area contributed by atoms with E-state index in [1.54, 1.807) is 17.5 Å². The molecule has 0 aliphatic heterocycles. The molecule has 0 radical (unpaired) electrons. The van der Waals surface area contributed by atoms with Crippen molar-refractivity contribution in [3.63, 3.8) is 0 Å². The van der Waals surface area contributed by atoms with E-state index >= 15 is 0 Å². The molecule has 0 unspecified atom stereocenters. The molecule has 0 saturated heterocycles. The lowest BCUT2D eigenvalue weighted by Crippen LogP contribution is -2.00. The van der Waals surface area contributed by atoms with E-state index in [1.165, 1.54) is 5.56 Å². The van der Waals surface area contributed by atoms with Gasteiger partial charge in [-0.15, -0.1) is 0 Å². The molecule has 3 rings (SSSR count). The van der Waals surface area contributed by atoms with Crippen molar-refractivity contribution in [3.8, 4) is 0 Å². The summed E-state index contributed by atoms with van der Waals surface area (Å²) in [5.74, 6) is 0. The lowest BCUT2D eigenvalue weighted by atomic mass is 10.2. The van der Waals surface area contributed by atoms with Crippen LogP contribution in [0.1, 0.15) is 15.9 Å². The Labute approximate surface area is 109 Å². The molecule has 3 aromatic rings. The molecule has 0 aromatic carbocycles. The van der Waals surface area contributed by atoms with E-state index in [1.807, 2.05) is 18.3 Å². The maximum atomic E-state index is 11.0. The van der Waals surface area contributed by atoms with E-state index in [2.05, 4.69) is 26.4 Å². The van der Waals surface area contributed by atoms with Gasteiger partial charge in [0.25, 0.3) is 0 Å². The van der Waals surface area contributed by atoms with Crippen molar-refractivity contribution in [2.75, 3.05) is 0 Å². The van der Waals surface area contributed by atoms with Gasteiger partial charge >= 0.3 is 0 Å². The molecule has 0 aliphatic rings. The van der Waals surface area contributed by atoms with Gasteiger partial charge < -0.3 is 4.57 Å². The van der Waals surface area contributed by atoms with Crippen LogP contribution in [0.2, 0.25) is 0 Å². The number of pyridine rings is 1. The zero-order valence-electron chi connectivity index (χ0n) is 9.74. The highest BCUT2D eigenvalue weighted by Gasteiger charge is 2.08. The van der Waals surface area contributed by atoms with Crippen LogP contribution in [0, 0.1) is 0 Å². The van der Waals surface area contributed by atoms with Gasteiger partial charge in [0.2, 0.25) is 0 Å². The van der Waals surface area contributed by atoms with E-state index in [0.29, 0.717) is 5.56 Å². The number of thiophene rings is 1. The van der Waals surface area contributed by atoms with E-state index in [9.17, 15) is 4.79 Å². The summed E-state index contributed by atoms with van der Waals surface area (Å²) in [6.07, 6.45) is 5.50. The topological polar surface area (TPSA) is 34.9 Å². The minimum Gasteiger partial charge on any atom is -0.331 e. The first kappa shape index (κ1) is 11.2. The standard InChI is InChI=1S/C14H12N2OS/c17-9-12-8-16(6-3-11-4-7-18-10-11)14-13(12)2-1-5-15-14/h1-2,4-5,7-10H,3,6H2. The van der Waals surface area contributed by atoms with Gasteiger partial charge in [-0.2, -0.15) is 11.3 Å². The van der Waals surface area contributed by atoms with Gasteiger partial charge in [0.15, 0.2) is 6.29 Å². The van der Waals surface area contributed by atoms with Crippen LogP contribution in [-0.4, -0.2) is 15.8 Å². The molecule has 0 amide bonds. The van der Waals surface area contributed by atoms with Crippen LogP contribution in [-0.2, 0) is 13.0 Å². The average Bonchev–Trinajstić information content (AvgIpc) is 3.04. The van der Waals surface area contributed by atoms with Gasteiger partial charge in [0.05, 0.1) is 0 Å². The molecule has 0 fully saturated rings. The third-order valence-electron chi connectivity index (χ3n) is 3.01. The van der Waals surface area contributed by atoms with Crippen molar-refractivity contribution >= 4 is 28.7 Å². The van der Waals surface area contributed by atoms with Crippen molar-refractivity contribution in [1.29, 1.82) is 0 Å². The van der Waals surface area contributed by atoms with Crippen LogP contribution in [0.15, 0.2) is 41.4 Å². The second-order valence-corrected chi connectivity index (χ2v) is 4.93. The molecule has 4 heteroatoms. The second kappa shape index (κ2) is 4.74. The van der Waals surface area contributed by atoms with Gasteiger partial charge in [-0.25, -0.2) is 4.98 Å². The normalized spacial score (nSPS) is 10.9. The molecule has 0 saturated carbocycles. The summed E-state index contributed by atoms with van der Waals surface area (Å²) in [7, 11) is 0. The molecule has 0 aliphatic carbocycles. The lowest BCUT2D eigenvalue weighted by molar-refractivity contribution is 0.112. The van der Waals surface area contributed by atoms with Crippen LogP contribution in [0.4, 0.5) is 0 Å². The first-order valence-corrected chi connectivity index (χ1v) is 6.73. The number of carbonyl (C=O) groups excluding carboxylic acids is 1. The Morgan fingerprint density at radius 1 is 1.39 bits per heavy atom. The molecule has 0 atom stereocenters.